The number of aromatic carboxylic acids is 1. The van der Waals surface area contributed by atoms with Gasteiger partial charge in [-0.3, -0.25) is 0 Å². The fourth-order valence-electron chi connectivity index (χ4n) is 1.81. The number of rotatable bonds is 1. The molecule has 1 aromatic heterocycles. The van der Waals surface area contributed by atoms with Gasteiger partial charge >= 0.3 is 5.97 Å². The summed E-state index contributed by atoms with van der Waals surface area (Å²) in [6.45, 7) is 5.88. The van der Waals surface area contributed by atoms with E-state index in [1.807, 2.05) is 32.9 Å². The lowest BCUT2D eigenvalue weighted by Crippen LogP contribution is -2.02. The summed E-state index contributed by atoms with van der Waals surface area (Å²) in [6, 6.07) is 5.64. The average Bonchev–Trinajstić information content (AvgIpc) is 2.23. The van der Waals surface area contributed by atoms with E-state index in [1.54, 1.807) is 6.07 Å². The van der Waals surface area contributed by atoms with Gasteiger partial charge in [0, 0.05) is 5.39 Å². The molecule has 82 valence electrons. The van der Waals surface area contributed by atoms with Crippen molar-refractivity contribution in [3.63, 3.8) is 0 Å². The van der Waals surface area contributed by atoms with Crippen LogP contribution in [0.15, 0.2) is 18.2 Å². The number of pyridine rings is 1. The minimum absolute atomic E-state index is 0.110. The third kappa shape index (κ3) is 1.54. The van der Waals surface area contributed by atoms with Gasteiger partial charge in [0.05, 0.1) is 5.52 Å². The second-order valence-electron chi connectivity index (χ2n) is 4.03. The van der Waals surface area contributed by atoms with Gasteiger partial charge in [-0.1, -0.05) is 12.1 Å². The molecule has 0 atom stereocenters. The molecule has 0 unspecified atom stereocenters. The van der Waals surface area contributed by atoms with Gasteiger partial charge in [-0.2, -0.15) is 0 Å². The van der Waals surface area contributed by atoms with Crippen molar-refractivity contribution in [3.8, 4) is 0 Å². The highest BCUT2D eigenvalue weighted by molar-refractivity contribution is 5.92. The van der Waals surface area contributed by atoms with Crippen LogP contribution in [0.1, 0.15) is 27.2 Å². The normalized spacial score (nSPS) is 10.7. The molecular formula is C13H13NO2. The van der Waals surface area contributed by atoms with Crippen LogP contribution in [0.5, 0.6) is 0 Å². The number of benzene rings is 1. The summed E-state index contributed by atoms with van der Waals surface area (Å²) in [5.41, 5.74) is 4.02. The van der Waals surface area contributed by atoms with E-state index < -0.39 is 5.97 Å². The smallest absolute Gasteiger partial charge is 0.354 e. The number of nitrogens with zero attached hydrogens (tertiary/aromatic N) is 1. The van der Waals surface area contributed by atoms with Crippen LogP contribution >= 0.6 is 0 Å². The van der Waals surface area contributed by atoms with Gasteiger partial charge in [0.1, 0.15) is 5.69 Å². The van der Waals surface area contributed by atoms with Gasteiger partial charge in [-0.25, -0.2) is 9.78 Å². The SMILES string of the molecule is Cc1ccc2c(C)cc(C(=O)O)nc2c1C. The first-order chi connectivity index (χ1) is 7.50. The average molecular weight is 215 g/mol. The third-order valence-electron chi connectivity index (χ3n) is 2.93. The van der Waals surface area contributed by atoms with E-state index in [4.69, 9.17) is 5.11 Å². The number of carboxylic acid groups (broad SMARTS) is 1. The molecule has 16 heavy (non-hydrogen) atoms. The summed E-state index contributed by atoms with van der Waals surface area (Å²) in [6.07, 6.45) is 0. The number of aromatic nitrogens is 1. The minimum Gasteiger partial charge on any atom is -0.477 e. The van der Waals surface area contributed by atoms with E-state index in [0.717, 1.165) is 27.6 Å². The van der Waals surface area contributed by atoms with Crippen molar-refractivity contribution in [1.29, 1.82) is 0 Å². The van der Waals surface area contributed by atoms with Gasteiger partial charge < -0.3 is 5.11 Å². The lowest BCUT2D eigenvalue weighted by Gasteiger charge is -2.08. The van der Waals surface area contributed by atoms with E-state index in [0.29, 0.717) is 0 Å². The van der Waals surface area contributed by atoms with E-state index in [2.05, 4.69) is 4.98 Å². The van der Waals surface area contributed by atoms with Crippen LogP contribution in [-0.4, -0.2) is 16.1 Å². The highest BCUT2D eigenvalue weighted by Crippen LogP contribution is 2.23. The molecule has 0 bridgehead atoms. The molecule has 3 nitrogen and oxygen atoms in total. The van der Waals surface area contributed by atoms with E-state index >= 15 is 0 Å². The summed E-state index contributed by atoms with van der Waals surface area (Å²) in [5.74, 6) is -0.981. The maximum Gasteiger partial charge on any atom is 0.354 e. The Morgan fingerprint density at radius 1 is 1.19 bits per heavy atom. The first-order valence-electron chi connectivity index (χ1n) is 5.11. The van der Waals surface area contributed by atoms with Gasteiger partial charge in [-0.05, 0) is 43.5 Å². The zero-order valence-corrected chi connectivity index (χ0v) is 9.53. The summed E-state index contributed by atoms with van der Waals surface area (Å²) < 4.78 is 0. The van der Waals surface area contributed by atoms with Crippen molar-refractivity contribution in [2.75, 3.05) is 0 Å². The molecule has 0 radical (unpaired) electrons. The first-order valence-corrected chi connectivity index (χ1v) is 5.11. The van der Waals surface area contributed by atoms with Gasteiger partial charge in [0.25, 0.3) is 0 Å². The van der Waals surface area contributed by atoms with E-state index in [9.17, 15) is 4.79 Å². The van der Waals surface area contributed by atoms with Crippen LogP contribution in [0.3, 0.4) is 0 Å². The predicted molar refractivity (Wildman–Crippen MR) is 62.9 cm³/mol. The number of carboxylic acids is 1. The lowest BCUT2D eigenvalue weighted by atomic mass is 10.0. The van der Waals surface area contributed by atoms with E-state index in [1.165, 1.54) is 0 Å². The summed E-state index contributed by atoms with van der Waals surface area (Å²) in [4.78, 5) is 15.1. The highest BCUT2D eigenvalue weighted by atomic mass is 16.4. The van der Waals surface area contributed by atoms with Crippen LogP contribution in [0.4, 0.5) is 0 Å². The van der Waals surface area contributed by atoms with Crippen molar-refractivity contribution < 1.29 is 9.90 Å². The molecule has 0 aliphatic rings. The lowest BCUT2D eigenvalue weighted by molar-refractivity contribution is 0.0691. The number of aryl methyl sites for hydroxylation is 3. The van der Waals surface area contributed by atoms with Gasteiger partial charge in [0.15, 0.2) is 0 Å². The van der Waals surface area contributed by atoms with Crippen molar-refractivity contribution in [2.45, 2.75) is 20.8 Å². The Kier molecular flexibility index (Phi) is 2.38. The molecule has 0 spiro atoms. The first kappa shape index (κ1) is 10.6. The molecule has 0 saturated heterocycles. The molecular weight excluding hydrogens is 202 g/mol. The standard InChI is InChI=1S/C13H13NO2/c1-7-4-5-10-8(2)6-11(13(15)16)14-12(10)9(7)3/h4-6H,1-3H3,(H,15,16). The zero-order valence-electron chi connectivity index (χ0n) is 9.53. The Balaban J connectivity index is 2.88. The van der Waals surface area contributed by atoms with E-state index in [-0.39, 0.29) is 5.69 Å². The van der Waals surface area contributed by atoms with Crippen molar-refractivity contribution >= 4 is 16.9 Å². The van der Waals surface area contributed by atoms with Crippen molar-refractivity contribution in [1.82, 2.24) is 4.98 Å². The van der Waals surface area contributed by atoms with Crippen molar-refractivity contribution in [2.24, 2.45) is 0 Å². The Morgan fingerprint density at radius 3 is 2.50 bits per heavy atom. The molecule has 3 heteroatoms. The third-order valence-corrected chi connectivity index (χ3v) is 2.93. The molecule has 1 heterocycles. The Labute approximate surface area is 93.7 Å². The molecule has 1 aromatic carbocycles. The van der Waals surface area contributed by atoms with Crippen LogP contribution in [-0.2, 0) is 0 Å². The molecule has 2 aromatic rings. The Hall–Kier alpha value is -1.90. The molecule has 0 amide bonds. The summed E-state index contributed by atoms with van der Waals surface area (Å²) in [5, 5.41) is 9.99. The molecule has 0 aliphatic heterocycles. The Morgan fingerprint density at radius 2 is 1.88 bits per heavy atom. The zero-order chi connectivity index (χ0) is 11.9. The second-order valence-corrected chi connectivity index (χ2v) is 4.03. The highest BCUT2D eigenvalue weighted by Gasteiger charge is 2.10. The molecule has 1 N–H and O–H groups in total. The quantitative estimate of drug-likeness (QED) is 0.795. The molecule has 0 saturated carbocycles. The van der Waals surface area contributed by atoms with Crippen LogP contribution in [0.25, 0.3) is 10.9 Å². The van der Waals surface area contributed by atoms with Gasteiger partial charge in [0.2, 0.25) is 0 Å². The number of fused-ring (bicyclic) bond motifs is 1. The van der Waals surface area contributed by atoms with Crippen LogP contribution in [0.2, 0.25) is 0 Å². The fraction of sp³-hybridized carbons (Fsp3) is 0.231. The second kappa shape index (κ2) is 3.59. The van der Waals surface area contributed by atoms with Crippen LogP contribution in [0, 0.1) is 20.8 Å². The number of carbonyl (C=O) groups is 1. The Bertz CT molecular complexity index is 588. The topological polar surface area (TPSA) is 50.2 Å². The maximum atomic E-state index is 10.9. The predicted octanol–water partition coefficient (Wildman–Crippen LogP) is 2.86. The molecule has 2 rings (SSSR count). The van der Waals surface area contributed by atoms with Gasteiger partial charge in [-0.15, -0.1) is 0 Å². The maximum absolute atomic E-state index is 10.9. The summed E-state index contributed by atoms with van der Waals surface area (Å²) >= 11 is 0. The number of hydrogen-bond donors (Lipinski definition) is 1. The fourth-order valence-corrected chi connectivity index (χ4v) is 1.81. The molecule has 0 fully saturated rings. The molecule has 0 aliphatic carbocycles. The minimum atomic E-state index is -0.981. The van der Waals surface area contributed by atoms with Crippen LogP contribution < -0.4 is 0 Å². The monoisotopic (exact) mass is 215 g/mol. The summed E-state index contributed by atoms with van der Waals surface area (Å²) in [7, 11) is 0. The van der Waals surface area contributed by atoms with Crippen molar-refractivity contribution in [3.05, 3.63) is 40.6 Å². The largest absolute Gasteiger partial charge is 0.477 e. The number of hydrogen-bond acceptors (Lipinski definition) is 2.